The fourth-order valence-electron chi connectivity index (χ4n) is 2.74. The highest BCUT2D eigenvalue weighted by molar-refractivity contribution is 7.98. The molecule has 32 heavy (non-hydrogen) atoms. The summed E-state index contributed by atoms with van der Waals surface area (Å²) in [5, 5.41) is 3.08. The Hall–Kier alpha value is -2.88. The molecule has 1 amide bonds. The first kappa shape index (κ1) is 23.8. The lowest BCUT2D eigenvalue weighted by molar-refractivity contribution is -0.118. The van der Waals surface area contributed by atoms with E-state index in [1.807, 2.05) is 30.5 Å². The Balaban J connectivity index is 1.60. The number of benzene rings is 3. The summed E-state index contributed by atoms with van der Waals surface area (Å²) in [6.45, 7) is -0.211. The van der Waals surface area contributed by atoms with Gasteiger partial charge in [0.05, 0.1) is 28.4 Å². The van der Waals surface area contributed by atoms with Crippen LogP contribution in [0.5, 0.6) is 11.5 Å². The normalized spacial score (nSPS) is 11.0. The molecule has 0 atom stereocenters. The van der Waals surface area contributed by atoms with E-state index in [-0.39, 0.29) is 22.4 Å². The topological polar surface area (TPSA) is 93.7 Å². The van der Waals surface area contributed by atoms with Crippen LogP contribution in [0.15, 0.2) is 76.5 Å². The van der Waals surface area contributed by atoms with Gasteiger partial charge in [0.25, 0.3) is 15.9 Å². The largest absolute Gasteiger partial charge is 0.495 e. The van der Waals surface area contributed by atoms with Crippen molar-refractivity contribution in [2.75, 3.05) is 30.0 Å². The smallest absolute Gasteiger partial charge is 0.262 e. The van der Waals surface area contributed by atoms with Crippen LogP contribution >= 0.6 is 23.4 Å². The number of nitrogens with one attached hydrogen (secondary N) is 2. The first-order valence-corrected chi connectivity index (χ1v) is 12.4. The molecule has 168 valence electrons. The van der Waals surface area contributed by atoms with E-state index >= 15 is 0 Å². The number of thioether (sulfide) groups is 1. The summed E-state index contributed by atoms with van der Waals surface area (Å²) in [4.78, 5) is 13.2. The summed E-state index contributed by atoms with van der Waals surface area (Å²) in [6.07, 6.45) is 1.93. The standard InChI is InChI=1S/C22H21ClN2O5S2/c1-29-20-12-7-15(13-18(20)23)25-32(27,28)17-10-8-16(9-11-17)30-14-22(26)24-19-5-3-4-6-21(19)31-2/h3-13,25H,14H2,1-2H3,(H,24,26). The molecule has 0 aliphatic rings. The highest BCUT2D eigenvalue weighted by atomic mass is 35.5. The van der Waals surface area contributed by atoms with Crippen LogP contribution in [0.4, 0.5) is 11.4 Å². The molecular formula is C22H21ClN2O5S2. The molecule has 3 aromatic rings. The van der Waals surface area contributed by atoms with Crippen molar-refractivity contribution in [1.82, 2.24) is 0 Å². The third-order valence-corrected chi connectivity index (χ3v) is 6.78. The van der Waals surface area contributed by atoms with Crippen LogP contribution in [0.2, 0.25) is 5.02 Å². The zero-order valence-corrected chi connectivity index (χ0v) is 19.7. The summed E-state index contributed by atoms with van der Waals surface area (Å²) in [5.74, 6) is 0.489. The van der Waals surface area contributed by atoms with Gasteiger partial charge >= 0.3 is 0 Å². The predicted octanol–water partition coefficient (Wildman–Crippen LogP) is 4.89. The van der Waals surface area contributed by atoms with Gasteiger partial charge in [-0.25, -0.2) is 8.42 Å². The van der Waals surface area contributed by atoms with Gasteiger partial charge in [-0.2, -0.15) is 0 Å². The lowest BCUT2D eigenvalue weighted by Crippen LogP contribution is -2.20. The zero-order valence-electron chi connectivity index (χ0n) is 17.3. The first-order valence-electron chi connectivity index (χ1n) is 9.34. The molecule has 0 unspecified atom stereocenters. The third kappa shape index (κ3) is 6.09. The number of hydrogen-bond acceptors (Lipinski definition) is 6. The summed E-state index contributed by atoms with van der Waals surface area (Å²) in [7, 11) is -2.36. The van der Waals surface area contributed by atoms with Gasteiger partial charge < -0.3 is 14.8 Å². The molecule has 3 aromatic carbocycles. The number of carbonyl (C=O) groups is 1. The molecule has 3 rings (SSSR count). The fraction of sp³-hybridized carbons (Fsp3) is 0.136. The van der Waals surface area contributed by atoms with Crippen LogP contribution in [0, 0.1) is 0 Å². The van der Waals surface area contributed by atoms with Crippen LogP contribution in [-0.4, -0.2) is 34.3 Å². The lowest BCUT2D eigenvalue weighted by Gasteiger charge is -2.12. The van der Waals surface area contributed by atoms with Gasteiger partial charge in [0.15, 0.2) is 6.61 Å². The molecule has 0 aromatic heterocycles. The molecule has 0 heterocycles. The van der Waals surface area contributed by atoms with Crippen molar-refractivity contribution >= 4 is 50.7 Å². The van der Waals surface area contributed by atoms with Crippen LogP contribution in [-0.2, 0) is 14.8 Å². The van der Waals surface area contributed by atoms with E-state index in [1.54, 1.807) is 12.1 Å². The van der Waals surface area contributed by atoms with E-state index in [2.05, 4.69) is 10.0 Å². The molecule has 0 saturated heterocycles. The average molecular weight is 493 g/mol. The van der Waals surface area contributed by atoms with Gasteiger partial charge in [0.2, 0.25) is 0 Å². The minimum absolute atomic E-state index is 0.0372. The minimum Gasteiger partial charge on any atom is -0.495 e. The number of hydrogen-bond donors (Lipinski definition) is 2. The van der Waals surface area contributed by atoms with Crippen LogP contribution in [0.3, 0.4) is 0 Å². The van der Waals surface area contributed by atoms with Gasteiger partial charge in [-0.3, -0.25) is 9.52 Å². The summed E-state index contributed by atoms with van der Waals surface area (Å²) < 4.78 is 38.2. The second kappa shape index (κ2) is 10.6. The molecule has 10 heteroatoms. The Morgan fingerprint density at radius 3 is 2.44 bits per heavy atom. The summed E-state index contributed by atoms with van der Waals surface area (Å²) in [5.41, 5.74) is 1.01. The van der Waals surface area contributed by atoms with E-state index in [0.29, 0.717) is 22.9 Å². The number of halogens is 1. The number of rotatable bonds is 9. The summed E-state index contributed by atoms with van der Waals surface area (Å²) in [6, 6.07) is 17.8. The Morgan fingerprint density at radius 1 is 1.06 bits per heavy atom. The highest BCUT2D eigenvalue weighted by Crippen LogP contribution is 2.29. The number of amides is 1. The number of anilines is 2. The van der Waals surface area contributed by atoms with Crippen molar-refractivity contribution in [3.05, 3.63) is 71.8 Å². The van der Waals surface area contributed by atoms with Crippen molar-refractivity contribution in [2.45, 2.75) is 9.79 Å². The zero-order chi connectivity index (χ0) is 23.1. The third-order valence-electron chi connectivity index (χ3n) is 4.29. The average Bonchev–Trinajstić information content (AvgIpc) is 2.78. The van der Waals surface area contributed by atoms with Gasteiger partial charge in [-0.1, -0.05) is 23.7 Å². The van der Waals surface area contributed by atoms with E-state index in [1.165, 1.54) is 49.2 Å². The molecule has 2 N–H and O–H groups in total. The van der Waals surface area contributed by atoms with E-state index in [9.17, 15) is 13.2 Å². The van der Waals surface area contributed by atoms with Crippen molar-refractivity contribution < 1.29 is 22.7 Å². The maximum atomic E-state index is 12.6. The number of carbonyl (C=O) groups excluding carboxylic acids is 1. The van der Waals surface area contributed by atoms with Crippen molar-refractivity contribution in [3.63, 3.8) is 0 Å². The first-order chi connectivity index (χ1) is 15.3. The Bertz CT molecular complexity index is 1200. The van der Waals surface area contributed by atoms with Gasteiger partial charge in [-0.15, -0.1) is 11.8 Å². The molecule has 0 spiro atoms. The number of sulfonamides is 1. The molecule has 0 saturated carbocycles. The number of methoxy groups -OCH3 is 1. The second-order valence-corrected chi connectivity index (χ2v) is 9.40. The monoisotopic (exact) mass is 492 g/mol. The second-order valence-electron chi connectivity index (χ2n) is 6.46. The fourth-order valence-corrected chi connectivity index (χ4v) is 4.60. The number of para-hydroxylation sites is 1. The van der Waals surface area contributed by atoms with Gasteiger partial charge in [0.1, 0.15) is 11.5 Å². The van der Waals surface area contributed by atoms with E-state index in [4.69, 9.17) is 21.1 Å². The SMILES string of the molecule is COc1ccc(NS(=O)(=O)c2ccc(OCC(=O)Nc3ccccc3SC)cc2)cc1Cl. The van der Waals surface area contributed by atoms with Crippen LogP contribution < -0.4 is 19.5 Å². The van der Waals surface area contributed by atoms with Crippen LogP contribution in [0.25, 0.3) is 0 Å². The Morgan fingerprint density at radius 2 is 1.78 bits per heavy atom. The highest BCUT2D eigenvalue weighted by Gasteiger charge is 2.15. The molecule has 0 aliphatic heterocycles. The van der Waals surface area contributed by atoms with Gasteiger partial charge in [-0.05, 0) is 60.9 Å². The van der Waals surface area contributed by atoms with Gasteiger partial charge in [0, 0.05) is 4.90 Å². The van der Waals surface area contributed by atoms with Crippen molar-refractivity contribution in [3.8, 4) is 11.5 Å². The number of ether oxygens (including phenoxy) is 2. The summed E-state index contributed by atoms with van der Waals surface area (Å²) >= 11 is 7.57. The Labute approximate surface area is 196 Å². The quantitative estimate of drug-likeness (QED) is 0.413. The van der Waals surface area contributed by atoms with Crippen molar-refractivity contribution in [1.29, 1.82) is 0 Å². The molecule has 0 radical (unpaired) electrons. The predicted molar refractivity (Wildman–Crippen MR) is 128 cm³/mol. The molecule has 0 aliphatic carbocycles. The maximum Gasteiger partial charge on any atom is 0.262 e. The maximum absolute atomic E-state index is 12.6. The molecule has 0 fully saturated rings. The molecule has 7 nitrogen and oxygen atoms in total. The van der Waals surface area contributed by atoms with E-state index in [0.717, 1.165) is 4.90 Å². The van der Waals surface area contributed by atoms with Crippen LogP contribution in [0.1, 0.15) is 0 Å². The molecule has 0 bridgehead atoms. The minimum atomic E-state index is -3.83. The lowest BCUT2D eigenvalue weighted by atomic mass is 10.3. The van der Waals surface area contributed by atoms with E-state index < -0.39 is 10.0 Å². The van der Waals surface area contributed by atoms with Crippen molar-refractivity contribution in [2.24, 2.45) is 0 Å². The Kier molecular flexibility index (Phi) is 7.89. The molecular weight excluding hydrogens is 472 g/mol.